The van der Waals surface area contributed by atoms with Crippen molar-refractivity contribution in [1.29, 1.82) is 5.26 Å². The van der Waals surface area contributed by atoms with Crippen LogP contribution in [0, 0.1) is 11.3 Å². The highest BCUT2D eigenvalue weighted by molar-refractivity contribution is 6.03. The van der Waals surface area contributed by atoms with Crippen molar-refractivity contribution < 1.29 is 9.53 Å². The van der Waals surface area contributed by atoms with Crippen LogP contribution in [-0.4, -0.2) is 54.4 Å². The Hall–Kier alpha value is -3.20. The number of ether oxygens (including phenoxy) is 1. The van der Waals surface area contributed by atoms with E-state index in [-0.39, 0.29) is 11.8 Å². The Bertz CT molecular complexity index is 1210. The van der Waals surface area contributed by atoms with E-state index in [1.165, 1.54) is 19.3 Å². The zero-order valence-corrected chi connectivity index (χ0v) is 19.0. The number of carbonyl (C=O) groups is 1. The zero-order chi connectivity index (χ0) is 22.8. The predicted octanol–water partition coefficient (Wildman–Crippen LogP) is 4.64. The molecule has 0 aromatic heterocycles. The molecule has 1 atom stereocenters. The summed E-state index contributed by atoms with van der Waals surface area (Å²) in [5, 5.41) is 11.4. The van der Waals surface area contributed by atoms with E-state index < -0.39 is 0 Å². The van der Waals surface area contributed by atoms with Crippen LogP contribution in [0.25, 0.3) is 10.8 Å². The molecule has 0 bridgehead atoms. The first-order valence-corrected chi connectivity index (χ1v) is 11.7. The molecule has 168 valence electrons. The van der Waals surface area contributed by atoms with Crippen molar-refractivity contribution in [3.63, 3.8) is 0 Å². The molecule has 5 rings (SSSR count). The number of rotatable bonds is 6. The smallest absolute Gasteiger partial charge is 0.181 e. The summed E-state index contributed by atoms with van der Waals surface area (Å²) in [5.41, 5.74) is 2.49. The van der Waals surface area contributed by atoms with Crippen molar-refractivity contribution in [3.05, 3.63) is 77.4 Å². The minimum absolute atomic E-state index is 0.174. The summed E-state index contributed by atoms with van der Waals surface area (Å²) in [7, 11) is 1.66. The first-order chi connectivity index (χ1) is 16.1. The highest BCUT2D eigenvalue weighted by atomic mass is 16.5. The number of nitriles is 1. The zero-order valence-electron chi connectivity index (χ0n) is 19.0. The topological polar surface area (TPSA) is 56.6 Å². The predicted molar refractivity (Wildman–Crippen MR) is 129 cm³/mol. The number of Topliss-reactive ketones (excluding diaryl/α,β-unsaturated/α-hetero) is 1. The van der Waals surface area contributed by atoms with Gasteiger partial charge in [-0.25, -0.2) is 0 Å². The number of fused-ring (bicyclic) bond motifs is 1. The summed E-state index contributed by atoms with van der Waals surface area (Å²) in [4.78, 5) is 18.6. The van der Waals surface area contributed by atoms with Crippen LogP contribution >= 0.6 is 0 Å². The SMILES string of the molecule is COc1ccc2cc(C(=O)C3CN(C4CCC4)CCN3Cc3cccc(C#N)c3)ccc2c1. The fourth-order valence-electron chi connectivity index (χ4n) is 5.03. The van der Waals surface area contributed by atoms with Gasteiger partial charge in [0.25, 0.3) is 0 Å². The minimum atomic E-state index is -0.194. The number of methoxy groups -OCH3 is 1. The normalized spacial score (nSPS) is 19.7. The average molecular weight is 440 g/mol. The molecule has 1 aliphatic carbocycles. The van der Waals surface area contributed by atoms with E-state index in [1.54, 1.807) is 7.11 Å². The summed E-state index contributed by atoms with van der Waals surface area (Å²) in [6.07, 6.45) is 3.77. The highest BCUT2D eigenvalue weighted by Gasteiger charge is 2.37. The molecular weight excluding hydrogens is 410 g/mol. The van der Waals surface area contributed by atoms with Gasteiger partial charge in [0, 0.05) is 37.8 Å². The standard InChI is InChI=1S/C28H29N3O2/c1-33-26-11-10-22-15-24(9-8-23(22)16-26)28(32)27-19-30(25-6-3-7-25)12-13-31(27)18-21-5-2-4-20(14-21)17-29/h2,4-5,8-11,14-16,25,27H,3,6-7,12-13,18-19H2,1H3. The van der Waals surface area contributed by atoms with Crippen molar-refractivity contribution in [1.82, 2.24) is 9.80 Å². The Morgan fingerprint density at radius 2 is 1.88 bits per heavy atom. The maximum absolute atomic E-state index is 13.8. The third-order valence-corrected chi connectivity index (χ3v) is 7.19. The molecule has 0 radical (unpaired) electrons. The van der Waals surface area contributed by atoms with E-state index in [4.69, 9.17) is 4.74 Å². The van der Waals surface area contributed by atoms with Gasteiger partial charge >= 0.3 is 0 Å². The molecule has 5 nitrogen and oxygen atoms in total. The van der Waals surface area contributed by atoms with Crippen molar-refractivity contribution in [3.8, 4) is 11.8 Å². The Kier molecular flexibility index (Phi) is 6.13. The lowest BCUT2D eigenvalue weighted by Gasteiger charge is -2.46. The van der Waals surface area contributed by atoms with Crippen LogP contribution in [0.3, 0.4) is 0 Å². The molecule has 1 saturated heterocycles. The Morgan fingerprint density at radius 3 is 2.64 bits per heavy atom. The second kappa shape index (κ2) is 9.35. The van der Waals surface area contributed by atoms with Crippen LogP contribution in [0.5, 0.6) is 5.75 Å². The Labute approximate surface area is 195 Å². The molecule has 0 amide bonds. The number of hydrogen-bond donors (Lipinski definition) is 0. The number of piperazine rings is 1. The van der Waals surface area contributed by atoms with Gasteiger partial charge in [0.1, 0.15) is 5.75 Å². The van der Waals surface area contributed by atoms with Gasteiger partial charge in [-0.05, 0) is 59.5 Å². The fourth-order valence-corrected chi connectivity index (χ4v) is 5.03. The van der Waals surface area contributed by atoms with Crippen LogP contribution in [0.4, 0.5) is 0 Å². The van der Waals surface area contributed by atoms with Crippen LogP contribution in [0.2, 0.25) is 0 Å². The van der Waals surface area contributed by atoms with E-state index in [9.17, 15) is 10.1 Å². The van der Waals surface area contributed by atoms with Crippen LogP contribution in [0.15, 0.2) is 60.7 Å². The van der Waals surface area contributed by atoms with Crippen LogP contribution in [-0.2, 0) is 6.54 Å². The van der Waals surface area contributed by atoms with Gasteiger partial charge in [0.05, 0.1) is 24.8 Å². The Balaban J connectivity index is 1.42. The van der Waals surface area contributed by atoms with Crippen LogP contribution < -0.4 is 4.74 Å². The lowest BCUT2D eigenvalue weighted by atomic mass is 9.89. The number of carbonyl (C=O) groups excluding carboxylic acids is 1. The van der Waals surface area contributed by atoms with Crippen molar-refractivity contribution in [2.45, 2.75) is 37.9 Å². The number of hydrogen-bond acceptors (Lipinski definition) is 5. The van der Waals surface area contributed by atoms with E-state index in [0.717, 1.165) is 47.3 Å². The van der Waals surface area contributed by atoms with E-state index in [2.05, 4.69) is 15.9 Å². The molecule has 1 heterocycles. The van der Waals surface area contributed by atoms with Gasteiger partial charge in [-0.1, -0.05) is 36.8 Å². The first kappa shape index (κ1) is 21.6. The van der Waals surface area contributed by atoms with Gasteiger partial charge in [-0.3, -0.25) is 14.6 Å². The van der Waals surface area contributed by atoms with E-state index in [0.29, 0.717) is 18.2 Å². The molecule has 5 heteroatoms. The van der Waals surface area contributed by atoms with E-state index >= 15 is 0 Å². The second-order valence-corrected chi connectivity index (χ2v) is 9.17. The maximum Gasteiger partial charge on any atom is 0.181 e. The molecule has 3 aromatic rings. The monoisotopic (exact) mass is 439 g/mol. The second-order valence-electron chi connectivity index (χ2n) is 9.17. The van der Waals surface area contributed by atoms with Gasteiger partial charge < -0.3 is 4.74 Å². The molecular formula is C28H29N3O2. The van der Waals surface area contributed by atoms with E-state index in [1.807, 2.05) is 60.7 Å². The van der Waals surface area contributed by atoms with Gasteiger partial charge in [-0.2, -0.15) is 5.26 Å². The summed E-state index contributed by atoms with van der Waals surface area (Å²) in [6.45, 7) is 3.29. The quantitative estimate of drug-likeness (QED) is 0.524. The lowest BCUT2D eigenvalue weighted by Crippen LogP contribution is -2.59. The van der Waals surface area contributed by atoms with Crippen LogP contribution in [0.1, 0.15) is 40.7 Å². The van der Waals surface area contributed by atoms with Gasteiger partial charge in [-0.15, -0.1) is 0 Å². The molecule has 1 aliphatic heterocycles. The molecule has 0 spiro atoms. The van der Waals surface area contributed by atoms with Gasteiger partial charge in [0.2, 0.25) is 0 Å². The molecule has 2 aliphatic rings. The minimum Gasteiger partial charge on any atom is -0.497 e. The number of nitrogens with zero attached hydrogens (tertiary/aromatic N) is 3. The summed E-state index contributed by atoms with van der Waals surface area (Å²) in [6, 6.07) is 22.3. The lowest BCUT2D eigenvalue weighted by molar-refractivity contribution is 0.0206. The number of benzene rings is 3. The first-order valence-electron chi connectivity index (χ1n) is 11.7. The average Bonchev–Trinajstić information content (AvgIpc) is 2.83. The van der Waals surface area contributed by atoms with Crippen molar-refractivity contribution in [2.24, 2.45) is 0 Å². The third kappa shape index (κ3) is 4.50. The number of ketones is 1. The highest BCUT2D eigenvalue weighted by Crippen LogP contribution is 2.29. The molecule has 2 fully saturated rings. The molecule has 1 saturated carbocycles. The largest absolute Gasteiger partial charge is 0.497 e. The summed E-state index contributed by atoms with van der Waals surface area (Å²) in [5.74, 6) is 0.990. The summed E-state index contributed by atoms with van der Waals surface area (Å²) >= 11 is 0. The van der Waals surface area contributed by atoms with Crippen molar-refractivity contribution in [2.75, 3.05) is 26.7 Å². The molecule has 0 N–H and O–H groups in total. The fraction of sp³-hybridized carbons (Fsp3) is 0.357. The molecule has 3 aromatic carbocycles. The Morgan fingerprint density at radius 1 is 1.06 bits per heavy atom. The maximum atomic E-state index is 13.8. The third-order valence-electron chi connectivity index (χ3n) is 7.19. The molecule has 33 heavy (non-hydrogen) atoms. The van der Waals surface area contributed by atoms with Gasteiger partial charge in [0.15, 0.2) is 5.78 Å². The molecule has 1 unspecified atom stereocenters. The van der Waals surface area contributed by atoms with Crippen molar-refractivity contribution >= 4 is 16.6 Å². The summed E-state index contributed by atoms with van der Waals surface area (Å²) < 4.78 is 5.33.